The molecule has 1 fully saturated rings. The van der Waals surface area contributed by atoms with E-state index in [0.717, 1.165) is 11.3 Å². The van der Waals surface area contributed by atoms with E-state index in [9.17, 15) is 4.79 Å². The zero-order valence-corrected chi connectivity index (χ0v) is 8.97. The van der Waals surface area contributed by atoms with Gasteiger partial charge in [-0.25, -0.2) is 4.79 Å². The molecular weight excluding hydrogens is 206 g/mol. The van der Waals surface area contributed by atoms with Crippen molar-refractivity contribution in [1.82, 2.24) is 5.32 Å². The van der Waals surface area contributed by atoms with Crippen LogP contribution in [0.2, 0.25) is 0 Å². The number of methoxy groups -OCH3 is 1. The molecule has 1 N–H and O–H groups in total. The molecule has 16 heavy (non-hydrogen) atoms. The van der Waals surface area contributed by atoms with Gasteiger partial charge in [0, 0.05) is 0 Å². The van der Waals surface area contributed by atoms with Crippen LogP contribution in [0.5, 0.6) is 5.75 Å². The minimum atomic E-state index is -0.411. The average Bonchev–Trinajstić information content (AvgIpc) is 2.70. The second-order valence-corrected chi connectivity index (χ2v) is 3.50. The van der Waals surface area contributed by atoms with Gasteiger partial charge in [0.25, 0.3) is 0 Å². The zero-order valence-electron chi connectivity index (χ0n) is 8.97. The fraction of sp³-hybridized carbons (Fsp3) is 0.250. The summed E-state index contributed by atoms with van der Waals surface area (Å²) in [6.45, 7) is 3.64. The van der Waals surface area contributed by atoms with Crippen molar-refractivity contribution in [1.29, 1.82) is 0 Å². The largest absolute Gasteiger partial charge is 0.497 e. The molecule has 0 spiro atoms. The van der Waals surface area contributed by atoms with Crippen molar-refractivity contribution in [2.45, 2.75) is 12.1 Å². The molecule has 1 saturated heterocycles. The van der Waals surface area contributed by atoms with Crippen molar-refractivity contribution in [3.8, 4) is 5.75 Å². The van der Waals surface area contributed by atoms with E-state index < -0.39 is 6.09 Å². The fourth-order valence-electron chi connectivity index (χ4n) is 1.70. The molecule has 1 amide bonds. The summed E-state index contributed by atoms with van der Waals surface area (Å²) >= 11 is 0. The van der Waals surface area contributed by atoms with Gasteiger partial charge in [-0.3, -0.25) is 0 Å². The summed E-state index contributed by atoms with van der Waals surface area (Å²) in [5.41, 5.74) is 0.969. The third-order valence-electron chi connectivity index (χ3n) is 2.55. The Morgan fingerprint density at radius 3 is 2.69 bits per heavy atom. The number of alkyl carbamates (subject to hydrolysis) is 1. The predicted octanol–water partition coefficient (Wildman–Crippen LogP) is 2.03. The molecule has 84 valence electrons. The number of hydrogen-bond donors (Lipinski definition) is 1. The Hall–Kier alpha value is -1.97. The van der Waals surface area contributed by atoms with Crippen molar-refractivity contribution >= 4 is 6.09 Å². The van der Waals surface area contributed by atoms with Crippen LogP contribution in [0.1, 0.15) is 11.6 Å². The molecule has 1 aliphatic rings. The Morgan fingerprint density at radius 1 is 1.44 bits per heavy atom. The van der Waals surface area contributed by atoms with E-state index in [-0.39, 0.29) is 12.1 Å². The standard InChI is InChI=1S/C12H13NO3/c1-3-10-11(13-12(14)16-10)8-4-6-9(15-2)7-5-8/h3-7,10-11H,1H2,2H3,(H,13,14)/t10-,11-/m1/s1. The third-order valence-corrected chi connectivity index (χ3v) is 2.55. The van der Waals surface area contributed by atoms with E-state index in [1.807, 2.05) is 24.3 Å². The number of rotatable bonds is 3. The van der Waals surface area contributed by atoms with E-state index in [4.69, 9.17) is 9.47 Å². The average molecular weight is 219 g/mol. The van der Waals surface area contributed by atoms with Crippen LogP contribution in [-0.2, 0) is 4.74 Å². The van der Waals surface area contributed by atoms with Gasteiger partial charge in [-0.1, -0.05) is 18.7 Å². The first-order valence-electron chi connectivity index (χ1n) is 4.98. The Bertz CT molecular complexity index is 399. The van der Waals surface area contributed by atoms with Gasteiger partial charge < -0.3 is 14.8 Å². The lowest BCUT2D eigenvalue weighted by molar-refractivity contribution is 0.153. The van der Waals surface area contributed by atoms with Gasteiger partial charge in [0.1, 0.15) is 11.9 Å². The molecule has 1 aliphatic heterocycles. The van der Waals surface area contributed by atoms with Crippen molar-refractivity contribution in [2.75, 3.05) is 7.11 Å². The van der Waals surface area contributed by atoms with E-state index >= 15 is 0 Å². The van der Waals surface area contributed by atoms with Crippen LogP contribution in [0.3, 0.4) is 0 Å². The maximum absolute atomic E-state index is 11.1. The monoisotopic (exact) mass is 219 g/mol. The van der Waals surface area contributed by atoms with Crippen LogP contribution in [0.4, 0.5) is 4.79 Å². The van der Waals surface area contributed by atoms with E-state index in [1.165, 1.54) is 0 Å². The number of hydrogen-bond acceptors (Lipinski definition) is 3. The number of nitrogens with one attached hydrogen (secondary N) is 1. The number of carbonyl (C=O) groups excluding carboxylic acids is 1. The first-order chi connectivity index (χ1) is 7.74. The van der Waals surface area contributed by atoms with Crippen molar-refractivity contribution in [3.05, 3.63) is 42.5 Å². The SMILES string of the molecule is C=C[C@H]1OC(=O)N[C@@H]1c1ccc(OC)cc1. The number of amides is 1. The quantitative estimate of drug-likeness (QED) is 0.791. The lowest BCUT2D eigenvalue weighted by atomic mass is 10.0. The summed E-state index contributed by atoms with van der Waals surface area (Å²) in [6.07, 6.45) is 0.888. The molecule has 0 aliphatic carbocycles. The number of carbonyl (C=O) groups is 1. The van der Waals surface area contributed by atoms with Crippen LogP contribution in [0.15, 0.2) is 36.9 Å². The Morgan fingerprint density at radius 2 is 2.12 bits per heavy atom. The Labute approximate surface area is 93.9 Å². The maximum Gasteiger partial charge on any atom is 0.408 e. The third kappa shape index (κ3) is 1.86. The first-order valence-corrected chi connectivity index (χ1v) is 4.98. The molecule has 0 aromatic heterocycles. The molecule has 0 unspecified atom stereocenters. The van der Waals surface area contributed by atoms with Crippen LogP contribution >= 0.6 is 0 Å². The molecule has 1 aromatic carbocycles. The van der Waals surface area contributed by atoms with Crippen LogP contribution in [0.25, 0.3) is 0 Å². The summed E-state index contributed by atoms with van der Waals surface area (Å²) in [5, 5.41) is 2.74. The van der Waals surface area contributed by atoms with Gasteiger partial charge in [0.2, 0.25) is 0 Å². The zero-order chi connectivity index (χ0) is 11.5. The second-order valence-electron chi connectivity index (χ2n) is 3.50. The van der Waals surface area contributed by atoms with Gasteiger partial charge >= 0.3 is 6.09 Å². The molecule has 4 heteroatoms. The topological polar surface area (TPSA) is 47.6 Å². The molecule has 2 atom stereocenters. The van der Waals surface area contributed by atoms with E-state index in [1.54, 1.807) is 13.2 Å². The lowest BCUT2D eigenvalue weighted by Crippen LogP contribution is -2.21. The summed E-state index contributed by atoms with van der Waals surface area (Å²) in [7, 11) is 1.61. The van der Waals surface area contributed by atoms with Gasteiger partial charge in [-0.2, -0.15) is 0 Å². The first kappa shape index (κ1) is 10.5. The molecule has 1 aromatic rings. The summed E-state index contributed by atoms with van der Waals surface area (Å²) in [5.74, 6) is 0.782. The highest BCUT2D eigenvalue weighted by Crippen LogP contribution is 2.26. The van der Waals surface area contributed by atoms with Crippen LogP contribution in [-0.4, -0.2) is 19.3 Å². The van der Waals surface area contributed by atoms with E-state index in [2.05, 4.69) is 11.9 Å². The molecule has 0 radical (unpaired) electrons. The van der Waals surface area contributed by atoms with Crippen molar-refractivity contribution in [3.63, 3.8) is 0 Å². The number of benzene rings is 1. The maximum atomic E-state index is 11.1. The van der Waals surface area contributed by atoms with Gasteiger partial charge in [-0.15, -0.1) is 0 Å². The van der Waals surface area contributed by atoms with Crippen LogP contribution < -0.4 is 10.1 Å². The molecule has 0 bridgehead atoms. The highest BCUT2D eigenvalue weighted by Gasteiger charge is 2.32. The van der Waals surface area contributed by atoms with Crippen LogP contribution in [0, 0.1) is 0 Å². The van der Waals surface area contributed by atoms with E-state index in [0.29, 0.717) is 0 Å². The molecular formula is C12H13NO3. The minimum Gasteiger partial charge on any atom is -0.497 e. The summed E-state index contributed by atoms with van der Waals surface area (Å²) in [6, 6.07) is 7.32. The van der Waals surface area contributed by atoms with Gasteiger partial charge in [0.05, 0.1) is 13.2 Å². The van der Waals surface area contributed by atoms with Gasteiger partial charge in [-0.05, 0) is 23.8 Å². The highest BCUT2D eigenvalue weighted by atomic mass is 16.6. The molecule has 1 heterocycles. The van der Waals surface area contributed by atoms with Gasteiger partial charge in [0.15, 0.2) is 0 Å². The predicted molar refractivity (Wildman–Crippen MR) is 59.3 cm³/mol. The smallest absolute Gasteiger partial charge is 0.408 e. The number of cyclic esters (lactones) is 1. The van der Waals surface area contributed by atoms with Crippen molar-refractivity contribution in [2.24, 2.45) is 0 Å². The number of ether oxygens (including phenoxy) is 2. The van der Waals surface area contributed by atoms with Crippen molar-refractivity contribution < 1.29 is 14.3 Å². The molecule has 4 nitrogen and oxygen atoms in total. The minimum absolute atomic E-state index is 0.170. The highest BCUT2D eigenvalue weighted by molar-refractivity contribution is 5.71. The normalized spacial score (nSPS) is 23.4. The molecule has 2 rings (SSSR count). The Balaban J connectivity index is 2.22. The fourth-order valence-corrected chi connectivity index (χ4v) is 1.70. The molecule has 0 saturated carbocycles. The summed E-state index contributed by atoms with van der Waals surface area (Å²) in [4.78, 5) is 11.1. The summed E-state index contributed by atoms with van der Waals surface area (Å²) < 4.78 is 10.1. The lowest BCUT2D eigenvalue weighted by Gasteiger charge is -2.13. The Kier molecular flexibility index (Phi) is 2.81. The second kappa shape index (κ2) is 4.26.